The Balaban J connectivity index is 1.35. The Labute approximate surface area is 188 Å². The molecular weight excluding hydrogens is 408 g/mol. The fourth-order valence-electron chi connectivity index (χ4n) is 3.98. The van der Waals surface area contributed by atoms with Crippen molar-refractivity contribution in [3.8, 4) is 11.1 Å². The number of fused-ring (bicyclic) bond motifs is 3. The number of ether oxygens (including phenoxy) is 1. The van der Waals surface area contributed by atoms with E-state index in [9.17, 15) is 14.4 Å². The smallest absolute Gasteiger partial charge is 0.407 e. The van der Waals surface area contributed by atoms with E-state index >= 15 is 0 Å². The third kappa shape index (κ3) is 5.87. The quantitative estimate of drug-likeness (QED) is 0.461. The summed E-state index contributed by atoms with van der Waals surface area (Å²) in [5.74, 6) is -1.62. The van der Waals surface area contributed by atoms with Gasteiger partial charge in [-0.05, 0) is 41.5 Å². The summed E-state index contributed by atoms with van der Waals surface area (Å²) in [6.45, 7) is 2.60. The maximum atomic E-state index is 12.1. The van der Waals surface area contributed by atoms with Crippen LogP contribution in [0.4, 0.5) is 4.79 Å². The lowest BCUT2D eigenvalue weighted by atomic mass is 9.98. The van der Waals surface area contributed by atoms with Crippen molar-refractivity contribution in [2.24, 2.45) is 5.92 Å². The number of amides is 2. The van der Waals surface area contributed by atoms with Gasteiger partial charge in [0.15, 0.2) is 0 Å². The van der Waals surface area contributed by atoms with E-state index < -0.39 is 18.0 Å². The number of rotatable bonds is 11. The zero-order chi connectivity index (χ0) is 22.9. The minimum absolute atomic E-state index is 0.0228. The van der Waals surface area contributed by atoms with E-state index in [0.717, 1.165) is 0 Å². The summed E-state index contributed by atoms with van der Waals surface area (Å²) >= 11 is 0. The minimum Gasteiger partial charge on any atom is -0.481 e. The molecule has 0 aliphatic heterocycles. The number of benzene rings is 2. The summed E-state index contributed by atoms with van der Waals surface area (Å²) in [6, 6.07) is 16.4. The monoisotopic (exact) mass is 438 g/mol. The Kier molecular flexibility index (Phi) is 8.25. The van der Waals surface area contributed by atoms with Gasteiger partial charge < -0.3 is 20.5 Å². The number of nitrogens with one attached hydrogen (secondary N) is 2. The molecule has 2 aromatic rings. The highest BCUT2D eigenvalue weighted by Crippen LogP contribution is 2.44. The molecule has 2 aromatic carbocycles. The summed E-state index contributed by atoms with van der Waals surface area (Å²) in [4.78, 5) is 34.9. The minimum atomic E-state index is -0.903. The van der Waals surface area contributed by atoms with Crippen molar-refractivity contribution in [2.75, 3.05) is 19.7 Å². The molecule has 0 saturated carbocycles. The third-order valence-corrected chi connectivity index (χ3v) is 5.83. The van der Waals surface area contributed by atoms with Gasteiger partial charge in [-0.2, -0.15) is 0 Å². The standard InChI is InChI=1S/C25H30N2O5/c1-2-17(24(29)30)15-27-23(28)13-7-8-14-26-25(31)32-16-22-20-11-5-3-9-18(20)19-10-4-6-12-21(19)22/h3-6,9-12,17,22H,2,7-8,13-16H2,1H3,(H,26,31)(H,27,28)(H,29,30). The number of carboxylic acid groups (broad SMARTS) is 1. The molecule has 0 heterocycles. The van der Waals surface area contributed by atoms with Crippen LogP contribution in [0.3, 0.4) is 0 Å². The van der Waals surface area contributed by atoms with Gasteiger partial charge in [0, 0.05) is 25.4 Å². The van der Waals surface area contributed by atoms with Crippen LogP contribution in [0.1, 0.15) is 49.7 Å². The van der Waals surface area contributed by atoms with Crippen LogP contribution in [0.15, 0.2) is 48.5 Å². The van der Waals surface area contributed by atoms with E-state index in [4.69, 9.17) is 9.84 Å². The summed E-state index contributed by atoms with van der Waals surface area (Å²) < 4.78 is 5.48. The lowest BCUT2D eigenvalue weighted by Crippen LogP contribution is -2.32. The van der Waals surface area contributed by atoms with Crippen molar-refractivity contribution >= 4 is 18.0 Å². The molecule has 3 rings (SSSR count). The van der Waals surface area contributed by atoms with Crippen molar-refractivity contribution in [1.82, 2.24) is 10.6 Å². The first-order chi connectivity index (χ1) is 15.5. The molecule has 0 fully saturated rings. The van der Waals surface area contributed by atoms with Crippen LogP contribution < -0.4 is 10.6 Å². The number of carboxylic acids is 1. The first-order valence-corrected chi connectivity index (χ1v) is 11.1. The molecule has 0 radical (unpaired) electrons. The van der Waals surface area contributed by atoms with Crippen LogP contribution in [0.2, 0.25) is 0 Å². The van der Waals surface area contributed by atoms with Gasteiger partial charge in [-0.3, -0.25) is 9.59 Å². The highest BCUT2D eigenvalue weighted by molar-refractivity contribution is 5.79. The Morgan fingerprint density at radius 3 is 2.19 bits per heavy atom. The number of carbonyl (C=O) groups is 3. The molecule has 0 spiro atoms. The second-order valence-electron chi connectivity index (χ2n) is 7.96. The average molecular weight is 439 g/mol. The van der Waals surface area contributed by atoms with Crippen LogP contribution in [0, 0.1) is 5.92 Å². The number of hydrogen-bond donors (Lipinski definition) is 3. The number of aliphatic carboxylic acids is 1. The van der Waals surface area contributed by atoms with Crippen molar-refractivity contribution in [3.05, 3.63) is 59.7 Å². The number of alkyl carbamates (subject to hydrolysis) is 1. The maximum Gasteiger partial charge on any atom is 0.407 e. The molecule has 1 unspecified atom stereocenters. The van der Waals surface area contributed by atoms with Crippen LogP contribution in [-0.4, -0.2) is 42.8 Å². The highest BCUT2D eigenvalue weighted by atomic mass is 16.5. The van der Waals surface area contributed by atoms with Gasteiger partial charge >= 0.3 is 12.1 Å². The average Bonchev–Trinajstić information content (AvgIpc) is 3.11. The molecule has 32 heavy (non-hydrogen) atoms. The lowest BCUT2D eigenvalue weighted by molar-refractivity contribution is -0.141. The van der Waals surface area contributed by atoms with E-state index in [1.54, 1.807) is 6.92 Å². The van der Waals surface area contributed by atoms with Gasteiger partial charge in [0.1, 0.15) is 6.61 Å². The summed E-state index contributed by atoms with van der Waals surface area (Å²) in [5.41, 5.74) is 4.70. The Morgan fingerprint density at radius 2 is 1.59 bits per heavy atom. The topological polar surface area (TPSA) is 105 Å². The molecular formula is C25H30N2O5. The first-order valence-electron chi connectivity index (χ1n) is 11.1. The maximum absolute atomic E-state index is 12.1. The number of hydrogen-bond acceptors (Lipinski definition) is 4. The molecule has 1 aliphatic rings. The fraction of sp³-hybridized carbons (Fsp3) is 0.400. The zero-order valence-electron chi connectivity index (χ0n) is 18.3. The lowest BCUT2D eigenvalue weighted by Gasteiger charge is -2.14. The van der Waals surface area contributed by atoms with Crippen molar-refractivity contribution in [2.45, 2.75) is 38.5 Å². The second-order valence-corrected chi connectivity index (χ2v) is 7.96. The Bertz CT molecular complexity index is 913. The van der Waals surface area contributed by atoms with Gasteiger partial charge in [-0.15, -0.1) is 0 Å². The molecule has 2 amide bonds. The van der Waals surface area contributed by atoms with Crippen molar-refractivity contribution in [3.63, 3.8) is 0 Å². The van der Waals surface area contributed by atoms with Gasteiger partial charge in [0.25, 0.3) is 0 Å². The first kappa shape index (κ1) is 23.3. The van der Waals surface area contributed by atoms with E-state index in [1.807, 2.05) is 24.3 Å². The van der Waals surface area contributed by atoms with Gasteiger partial charge in [-0.25, -0.2) is 4.79 Å². The summed E-state index contributed by atoms with van der Waals surface area (Å²) in [6.07, 6.45) is 1.53. The van der Waals surface area contributed by atoms with Crippen LogP contribution in [-0.2, 0) is 14.3 Å². The fourth-order valence-corrected chi connectivity index (χ4v) is 3.98. The largest absolute Gasteiger partial charge is 0.481 e. The van der Waals surface area contributed by atoms with Crippen molar-refractivity contribution < 1.29 is 24.2 Å². The summed E-state index contributed by atoms with van der Waals surface area (Å²) in [7, 11) is 0. The predicted molar refractivity (Wildman–Crippen MR) is 121 cm³/mol. The van der Waals surface area contributed by atoms with Crippen LogP contribution in [0.5, 0.6) is 0 Å². The molecule has 7 nitrogen and oxygen atoms in total. The van der Waals surface area contributed by atoms with Gasteiger partial charge in [-0.1, -0.05) is 55.5 Å². The SMILES string of the molecule is CCC(CNC(=O)CCCCNC(=O)OCC1c2ccccc2-c2ccccc21)C(=O)O. The molecule has 0 saturated heterocycles. The molecule has 1 atom stereocenters. The van der Waals surface area contributed by atoms with Gasteiger partial charge in [0.05, 0.1) is 5.92 Å². The molecule has 1 aliphatic carbocycles. The number of carbonyl (C=O) groups excluding carboxylic acids is 2. The molecule has 3 N–H and O–H groups in total. The zero-order valence-corrected chi connectivity index (χ0v) is 18.3. The van der Waals surface area contributed by atoms with Gasteiger partial charge in [0.2, 0.25) is 5.91 Å². The van der Waals surface area contributed by atoms with E-state index in [0.29, 0.717) is 32.2 Å². The van der Waals surface area contributed by atoms with E-state index in [1.165, 1.54) is 22.3 Å². The van der Waals surface area contributed by atoms with Crippen molar-refractivity contribution in [1.29, 1.82) is 0 Å². The van der Waals surface area contributed by atoms with Crippen LogP contribution in [0.25, 0.3) is 11.1 Å². The molecule has 0 bridgehead atoms. The van der Waals surface area contributed by atoms with E-state index in [-0.39, 0.29) is 25.0 Å². The molecule has 7 heteroatoms. The summed E-state index contributed by atoms with van der Waals surface area (Å²) in [5, 5.41) is 14.4. The number of unbranched alkanes of at least 4 members (excludes halogenated alkanes) is 1. The third-order valence-electron chi connectivity index (χ3n) is 5.83. The normalized spacial score (nSPS) is 13.0. The molecule has 0 aromatic heterocycles. The predicted octanol–water partition coefficient (Wildman–Crippen LogP) is 3.92. The highest BCUT2D eigenvalue weighted by Gasteiger charge is 2.28. The Hall–Kier alpha value is -3.35. The van der Waals surface area contributed by atoms with Crippen LogP contribution >= 0.6 is 0 Å². The second kappa shape index (κ2) is 11.3. The molecule has 170 valence electrons. The Morgan fingerprint density at radius 1 is 0.969 bits per heavy atom. The van der Waals surface area contributed by atoms with E-state index in [2.05, 4.69) is 34.9 Å².